The van der Waals surface area contributed by atoms with Crippen LogP contribution in [0.4, 0.5) is 10.2 Å². The molecule has 0 aliphatic carbocycles. The lowest BCUT2D eigenvalue weighted by Gasteiger charge is -2.18. The topological polar surface area (TPSA) is 137 Å². The van der Waals surface area contributed by atoms with Crippen LogP contribution in [0.5, 0.6) is 5.75 Å². The fourth-order valence-electron chi connectivity index (χ4n) is 4.06. The first-order chi connectivity index (χ1) is 16.9. The van der Waals surface area contributed by atoms with Gasteiger partial charge in [0, 0.05) is 36.4 Å². The molecule has 178 valence electrons. The Labute approximate surface area is 208 Å². The zero-order valence-corrected chi connectivity index (χ0v) is 19.6. The molecule has 2 atom stereocenters. The van der Waals surface area contributed by atoms with Crippen molar-refractivity contribution in [2.75, 3.05) is 18.0 Å². The Hall–Kier alpha value is -3.49. The van der Waals surface area contributed by atoms with Gasteiger partial charge in [0.2, 0.25) is 5.95 Å². The molecule has 35 heavy (non-hydrogen) atoms. The van der Waals surface area contributed by atoms with Crippen LogP contribution in [0, 0.1) is 17.3 Å². The summed E-state index contributed by atoms with van der Waals surface area (Å²) in [4.78, 5) is 9.83. The van der Waals surface area contributed by atoms with Crippen molar-refractivity contribution in [3.63, 3.8) is 0 Å². The summed E-state index contributed by atoms with van der Waals surface area (Å²) < 4.78 is 19.6. The second-order valence-corrected chi connectivity index (χ2v) is 8.82. The number of aliphatic hydroxyl groups is 1. The first kappa shape index (κ1) is 23.3. The van der Waals surface area contributed by atoms with Crippen LogP contribution in [0.2, 0.25) is 10.0 Å². The molecule has 1 aliphatic rings. The SMILES string of the molecule is N#Cc1cc(-c2n[nH]c3ccc(O[C@H](N)c4c(Cl)cnc(F)c4Cl)cc23)cnc1N1CC[C@@H](O)C1. The standard InChI is InChI=1S/C23H18Cl2FN7O2/c24-16-9-29-21(26)19(25)18(16)22(28)35-14-1-2-17-15(6-14)20(32-31-17)12-5-11(7-27)23(30-8-12)33-4-3-13(34)10-33/h1-2,5-6,8-9,13,22,34H,3-4,10,28H2,(H,31,32)/t13-,22+/m1/s1. The molecule has 4 heterocycles. The highest BCUT2D eigenvalue weighted by Gasteiger charge is 2.25. The number of pyridine rings is 2. The Bertz CT molecular complexity index is 1470. The van der Waals surface area contributed by atoms with Crippen molar-refractivity contribution >= 4 is 39.9 Å². The van der Waals surface area contributed by atoms with Crippen LogP contribution in [0.3, 0.4) is 0 Å². The van der Waals surface area contributed by atoms with Crippen molar-refractivity contribution in [2.24, 2.45) is 5.73 Å². The number of rotatable bonds is 5. The summed E-state index contributed by atoms with van der Waals surface area (Å²) in [5, 5.41) is 27.3. The Kier molecular flexibility index (Phi) is 6.17. The summed E-state index contributed by atoms with van der Waals surface area (Å²) in [5.41, 5.74) is 8.48. The average molecular weight is 514 g/mol. The molecule has 3 aromatic heterocycles. The fourth-order valence-corrected chi connectivity index (χ4v) is 4.62. The molecule has 1 fully saturated rings. The lowest BCUT2D eigenvalue weighted by Crippen LogP contribution is -2.23. The van der Waals surface area contributed by atoms with Gasteiger partial charge in [-0.2, -0.15) is 14.8 Å². The highest BCUT2D eigenvalue weighted by molar-refractivity contribution is 6.35. The van der Waals surface area contributed by atoms with E-state index in [1.54, 1.807) is 30.5 Å². The number of halogens is 3. The van der Waals surface area contributed by atoms with Gasteiger partial charge in [0.15, 0.2) is 6.23 Å². The quantitative estimate of drug-likeness (QED) is 0.269. The third kappa shape index (κ3) is 4.35. The van der Waals surface area contributed by atoms with E-state index < -0.39 is 18.3 Å². The Morgan fingerprint density at radius 3 is 2.86 bits per heavy atom. The molecule has 0 unspecified atom stereocenters. The Morgan fingerprint density at radius 2 is 2.11 bits per heavy atom. The van der Waals surface area contributed by atoms with Crippen molar-refractivity contribution in [1.29, 1.82) is 5.26 Å². The molecule has 0 spiro atoms. The molecule has 0 amide bonds. The fraction of sp³-hybridized carbons (Fsp3) is 0.217. The van der Waals surface area contributed by atoms with Gasteiger partial charge in [0.25, 0.3) is 0 Å². The largest absolute Gasteiger partial charge is 0.471 e. The number of aromatic nitrogens is 4. The first-order valence-electron chi connectivity index (χ1n) is 10.6. The molecule has 1 saturated heterocycles. The number of hydrogen-bond acceptors (Lipinski definition) is 8. The van der Waals surface area contributed by atoms with E-state index in [4.69, 9.17) is 33.7 Å². The van der Waals surface area contributed by atoms with Crippen LogP contribution in [0.15, 0.2) is 36.7 Å². The van der Waals surface area contributed by atoms with Gasteiger partial charge in [-0.1, -0.05) is 23.2 Å². The summed E-state index contributed by atoms with van der Waals surface area (Å²) in [7, 11) is 0. The van der Waals surface area contributed by atoms with E-state index >= 15 is 0 Å². The maximum Gasteiger partial charge on any atom is 0.232 e. The van der Waals surface area contributed by atoms with Gasteiger partial charge in [-0.05, 0) is 30.7 Å². The van der Waals surface area contributed by atoms with E-state index in [2.05, 4.69) is 26.2 Å². The lowest BCUT2D eigenvalue weighted by atomic mass is 10.1. The second-order valence-electron chi connectivity index (χ2n) is 8.04. The van der Waals surface area contributed by atoms with Crippen molar-refractivity contribution < 1.29 is 14.2 Å². The highest BCUT2D eigenvalue weighted by Crippen LogP contribution is 2.35. The zero-order valence-electron chi connectivity index (χ0n) is 18.0. The van der Waals surface area contributed by atoms with Crippen molar-refractivity contribution in [1.82, 2.24) is 20.2 Å². The van der Waals surface area contributed by atoms with Crippen molar-refractivity contribution in [2.45, 2.75) is 18.8 Å². The molecule has 0 bridgehead atoms. The van der Waals surface area contributed by atoms with Gasteiger partial charge in [-0.15, -0.1) is 0 Å². The summed E-state index contributed by atoms with van der Waals surface area (Å²) in [6.45, 7) is 1.06. The van der Waals surface area contributed by atoms with E-state index in [1.165, 1.54) is 0 Å². The Morgan fingerprint density at radius 1 is 1.29 bits per heavy atom. The van der Waals surface area contributed by atoms with E-state index in [1.807, 2.05) is 4.90 Å². The zero-order chi connectivity index (χ0) is 24.7. The smallest absolute Gasteiger partial charge is 0.232 e. The number of ether oxygens (including phenoxy) is 1. The third-order valence-electron chi connectivity index (χ3n) is 5.77. The molecule has 0 radical (unpaired) electrons. The van der Waals surface area contributed by atoms with Gasteiger partial charge in [-0.3, -0.25) is 10.8 Å². The summed E-state index contributed by atoms with van der Waals surface area (Å²) in [6, 6.07) is 9.03. The molecule has 5 rings (SSSR count). The molecule has 0 saturated carbocycles. The number of nitrogens with one attached hydrogen (secondary N) is 1. The first-order valence-corrected chi connectivity index (χ1v) is 11.3. The lowest BCUT2D eigenvalue weighted by molar-refractivity contribution is 0.198. The predicted molar refractivity (Wildman–Crippen MR) is 129 cm³/mol. The molecular weight excluding hydrogens is 496 g/mol. The number of hydrogen-bond donors (Lipinski definition) is 3. The van der Waals surface area contributed by atoms with Crippen LogP contribution in [-0.2, 0) is 0 Å². The third-order valence-corrected chi connectivity index (χ3v) is 6.43. The van der Waals surface area contributed by atoms with Crippen LogP contribution >= 0.6 is 23.2 Å². The second kappa shape index (κ2) is 9.28. The number of nitriles is 1. The maximum atomic E-state index is 13.8. The maximum absolute atomic E-state index is 13.8. The van der Waals surface area contributed by atoms with Crippen LogP contribution in [0.1, 0.15) is 23.8 Å². The Balaban J connectivity index is 1.47. The summed E-state index contributed by atoms with van der Waals surface area (Å²) >= 11 is 12.1. The van der Waals surface area contributed by atoms with Gasteiger partial charge in [0.05, 0.1) is 27.8 Å². The highest BCUT2D eigenvalue weighted by atomic mass is 35.5. The van der Waals surface area contributed by atoms with E-state index in [-0.39, 0.29) is 15.6 Å². The van der Waals surface area contributed by atoms with Gasteiger partial charge in [0.1, 0.15) is 28.4 Å². The number of H-pyrrole nitrogens is 1. The number of nitrogens with two attached hydrogens (primary N) is 1. The number of β-amino-alcohol motifs (C(OH)–C–C–N with tert-alkyl or cyclic N) is 1. The van der Waals surface area contributed by atoms with Crippen LogP contribution in [-0.4, -0.2) is 44.5 Å². The molecule has 1 aliphatic heterocycles. The van der Waals surface area contributed by atoms with Crippen LogP contribution < -0.4 is 15.4 Å². The summed E-state index contributed by atoms with van der Waals surface area (Å²) in [5.74, 6) is -0.000468. The molecule has 4 N–H and O–H groups in total. The normalized spacial score (nSPS) is 16.5. The van der Waals surface area contributed by atoms with E-state index in [0.29, 0.717) is 53.3 Å². The van der Waals surface area contributed by atoms with Gasteiger partial charge >= 0.3 is 0 Å². The minimum absolute atomic E-state index is 0.0784. The van der Waals surface area contributed by atoms with E-state index in [9.17, 15) is 14.8 Å². The molecule has 4 aromatic rings. The number of anilines is 1. The number of fused-ring (bicyclic) bond motifs is 1. The van der Waals surface area contributed by atoms with Crippen molar-refractivity contribution in [3.8, 4) is 23.1 Å². The van der Waals surface area contributed by atoms with E-state index in [0.717, 1.165) is 11.7 Å². The molecule has 1 aromatic carbocycles. The molecule has 12 heteroatoms. The number of nitrogens with zero attached hydrogens (tertiary/aromatic N) is 5. The number of aliphatic hydroxyl groups excluding tert-OH is 1. The minimum Gasteiger partial charge on any atom is -0.471 e. The summed E-state index contributed by atoms with van der Waals surface area (Å²) in [6.07, 6.45) is 1.80. The average Bonchev–Trinajstić information content (AvgIpc) is 3.47. The molecule has 9 nitrogen and oxygen atoms in total. The predicted octanol–water partition coefficient (Wildman–Crippen LogP) is 3.94. The number of aromatic amines is 1. The monoisotopic (exact) mass is 513 g/mol. The molecular formula is C23H18Cl2FN7O2. The van der Waals surface area contributed by atoms with Gasteiger partial charge < -0.3 is 14.7 Å². The van der Waals surface area contributed by atoms with Crippen LogP contribution in [0.25, 0.3) is 22.2 Å². The minimum atomic E-state index is -1.15. The number of benzene rings is 1. The van der Waals surface area contributed by atoms with Gasteiger partial charge in [-0.25, -0.2) is 9.97 Å². The van der Waals surface area contributed by atoms with Crippen molar-refractivity contribution in [3.05, 3.63) is 63.8 Å².